The lowest BCUT2D eigenvalue weighted by atomic mass is 9.97. The lowest BCUT2D eigenvalue weighted by molar-refractivity contribution is 0.628. The van der Waals surface area contributed by atoms with E-state index in [1.54, 1.807) is 24.5 Å². The molecule has 0 atom stereocenters. The molecule has 0 N–H and O–H groups in total. The third kappa shape index (κ3) is 3.86. The summed E-state index contributed by atoms with van der Waals surface area (Å²) in [5.74, 6) is -0.242. The Kier molecular flexibility index (Phi) is 5.29. The van der Waals surface area contributed by atoms with Crippen LogP contribution < -0.4 is 0 Å². The molecule has 0 saturated heterocycles. The van der Waals surface area contributed by atoms with Crippen molar-refractivity contribution in [3.63, 3.8) is 0 Å². The molecule has 0 fully saturated rings. The van der Waals surface area contributed by atoms with E-state index in [0.29, 0.717) is 0 Å². The molecule has 4 aromatic rings. The quantitative estimate of drug-likeness (QED) is 0.450. The van der Waals surface area contributed by atoms with E-state index in [1.807, 2.05) is 29.9 Å². The minimum absolute atomic E-state index is 0.242. The van der Waals surface area contributed by atoms with Gasteiger partial charge in [0.2, 0.25) is 0 Å². The van der Waals surface area contributed by atoms with Crippen molar-refractivity contribution in [1.29, 1.82) is 0 Å². The highest BCUT2D eigenvalue weighted by atomic mass is 19.1. The molecular formula is C24H22FN3. The van der Waals surface area contributed by atoms with Gasteiger partial charge in [0.25, 0.3) is 0 Å². The summed E-state index contributed by atoms with van der Waals surface area (Å²) in [6, 6.07) is 21.1. The van der Waals surface area contributed by atoms with Gasteiger partial charge in [-0.2, -0.15) is 5.10 Å². The Morgan fingerprint density at radius 3 is 2.25 bits per heavy atom. The van der Waals surface area contributed by atoms with Crippen LogP contribution in [0.1, 0.15) is 17.7 Å². The average molecular weight is 371 g/mol. The molecule has 4 heteroatoms. The number of nitrogens with zero attached hydrogens (tertiary/aromatic N) is 3. The Labute approximate surface area is 164 Å². The monoisotopic (exact) mass is 371 g/mol. The van der Waals surface area contributed by atoms with Crippen LogP contribution in [0.3, 0.4) is 0 Å². The van der Waals surface area contributed by atoms with E-state index in [9.17, 15) is 4.39 Å². The van der Waals surface area contributed by atoms with Gasteiger partial charge in [0.05, 0.1) is 0 Å². The zero-order valence-corrected chi connectivity index (χ0v) is 15.8. The van der Waals surface area contributed by atoms with Crippen LogP contribution in [0.5, 0.6) is 0 Å². The molecule has 2 aromatic carbocycles. The molecule has 0 spiro atoms. The third-order valence-electron chi connectivity index (χ3n) is 4.97. The highest BCUT2D eigenvalue weighted by Crippen LogP contribution is 2.35. The number of pyridine rings is 1. The molecule has 28 heavy (non-hydrogen) atoms. The second-order valence-electron chi connectivity index (χ2n) is 6.88. The van der Waals surface area contributed by atoms with Gasteiger partial charge in [0.1, 0.15) is 11.5 Å². The molecule has 0 unspecified atom stereocenters. The minimum Gasteiger partial charge on any atom is -0.271 e. The summed E-state index contributed by atoms with van der Waals surface area (Å²) in [4.78, 5) is 4.15. The number of hydrogen-bond donors (Lipinski definition) is 0. The molecular weight excluding hydrogens is 349 g/mol. The Bertz CT molecular complexity index is 1040. The second-order valence-corrected chi connectivity index (χ2v) is 6.88. The first-order chi connectivity index (χ1) is 13.7. The molecule has 0 aliphatic heterocycles. The summed E-state index contributed by atoms with van der Waals surface area (Å²) >= 11 is 0. The third-order valence-corrected chi connectivity index (χ3v) is 4.97. The Morgan fingerprint density at radius 1 is 0.821 bits per heavy atom. The van der Waals surface area contributed by atoms with Crippen LogP contribution in [0.4, 0.5) is 4.39 Å². The van der Waals surface area contributed by atoms with Gasteiger partial charge < -0.3 is 0 Å². The molecule has 0 aliphatic rings. The topological polar surface area (TPSA) is 30.7 Å². The van der Waals surface area contributed by atoms with E-state index in [4.69, 9.17) is 5.10 Å². The van der Waals surface area contributed by atoms with Crippen LogP contribution in [0, 0.1) is 5.82 Å². The number of benzene rings is 2. The van der Waals surface area contributed by atoms with Gasteiger partial charge in [-0.1, -0.05) is 30.3 Å². The molecule has 0 bridgehead atoms. The SMILES string of the molecule is Cn1nc(-c2ccc(F)cc2)c(-c2ccncc2)c1CCCc1ccccc1. The zero-order chi connectivity index (χ0) is 19.3. The number of rotatable bonds is 6. The lowest BCUT2D eigenvalue weighted by Gasteiger charge is -2.08. The van der Waals surface area contributed by atoms with Crippen LogP contribution in [0.15, 0.2) is 79.1 Å². The maximum absolute atomic E-state index is 13.4. The molecule has 2 heterocycles. The van der Waals surface area contributed by atoms with Gasteiger partial charge in [0, 0.05) is 36.3 Å². The molecule has 2 aromatic heterocycles. The Morgan fingerprint density at radius 2 is 1.54 bits per heavy atom. The molecule has 3 nitrogen and oxygen atoms in total. The van der Waals surface area contributed by atoms with Crippen molar-refractivity contribution in [3.8, 4) is 22.4 Å². The first kappa shape index (κ1) is 18.1. The van der Waals surface area contributed by atoms with Crippen molar-refractivity contribution < 1.29 is 4.39 Å². The highest BCUT2D eigenvalue weighted by Gasteiger charge is 2.19. The average Bonchev–Trinajstić information content (AvgIpc) is 3.06. The first-order valence-corrected chi connectivity index (χ1v) is 9.48. The summed E-state index contributed by atoms with van der Waals surface area (Å²) in [6.45, 7) is 0. The largest absolute Gasteiger partial charge is 0.271 e. The van der Waals surface area contributed by atoms with Crippen molar-refractivity contribution in [2.45, 2.75) is 19.3 Å². The second kappa shape index (κ2) is 8.17. The molecule has 0 saturated carbocycles. The number of aryl methyl sites for hydroxylation is 2. The van der Waals surface area contributed by atoms with E-state index in [-0.39, 0.29) is 5.82 Å². The van der Waals surface area contributed by atoms with Crippen LogP contribution in [0.2, 0.25) is 0 Å². The van der Waals surface area contributed by atoms with Crippen LogP contribution in [-0.2, 0) is 19.9 Å². The summed E-state index contributed by atoms with van der Waals surface area (Å²) in [6.07, 6.45) is 6.56. The molecule has 0 radical (unpaired) electrons. The van der Waals surface area contributed by atoms with Gasteiger partial charge >= 0.3 is 0 Å². The standard InChI is InChI=1S/C24H22FN3/c1-28-22(9-5-8-18-6-3-2-4-7-18)23(19-14-16-26-17-15-19)24(27-28)20-10-12-21(25)13-11-20/h2-4,6-7,10-17H,5,8-9H2,1H3. The molecule has 0 aliphatic carbocycles. The van der Waals surface area contributed by atoms with E-state index in [0.717, 1.165) is 41.6 Å². The normalized spacial score (nSPS) is 10.9. The Balaban J connectivity index is 1.70. The van der Waals surface area contributed by atoms with Crippen LogP contribution >= 0.6 is 0 Å². The fraction of sp³-hybridized carbons (Fsp3) is 0.167. The van der Waals surface area contributed by atoms with Crippen molar-refractivity contribution in [2.24, 2.45) is 7.05 Å². The van der Waals surface area contributed by atoms with Gasteiger partial charge in [0.15, 0.2) is 0 Å². The number of hydrogen-bond acceptors (Lipinski definition) is 2. The van der Waals surface area contributed by atoms with E-state index in [1.165, 1.54) is 23.4 Å². The van der Waals surface area contributed by atoms with Crippen LogP contribution in [0.25, 0.3) is 22.4 Å². The van der Waals surface area contributed by atoms with Gasteiger partial charge in [-0.3, -0.25) is 9.67 Å². The maximum Gasteiger partial charge on any atom is 0.123 e. The molecule has 0 amide bonds. The van der Waals surface area contributed by atoms with Crippen molar-refractivity contribution in [3.05, 3.63) is 96.2 Å². The van der Waals surface area contributed by atoms with Gasteiger partial charge in [-0.15, -0.1) is 0 Å². The summed E-state index contributed by atoms with van der Waals surface area (Å²) < 4.78 is 15.4. The van der Waals surface area contributed by atoms with Gasteiger partial charge in [-0.25, -0.2) is 4.39 Å². The summed E-state index contributed by atoms with van der Waals surface area (Å²) in [5.41, 5.74) is 6.50. The van der Waals surface area contributed by atoms with Crippen molar-refractivity contribution in [2.75, 3.05) is 0 Å². The smallest absolute Gasteiger partial charge is 0.123 e. The first-order valence-electron chi connectivity index (χ1n) is 9.48. The van der Waals surface area contributed by atoms with Gasteiger partial charge in [-0.05, 0) is 66.8 Å². The van der Waals surface area contributed by atoms with E-state index >= 15 is 0 Å². The number of aromatic nitrogens is 3. The lowest BCUT2D eigenvalue weighted by Crippen LogP contribution is -2.00. The molecule has 140 valence electrons. The molecule has 4 rings (SSSR count). The van der Waals surface area contributed by atoms with E-state index in [2.05, 4.69) is 29.2 Å². The summed E-state index contributed by atoms with van der Waals surface area (Å²) in [7, 11) is 1.98. The highest BCUT2D eigenvalue weighted by molar-refractivity contribution is 5.82. The van der Waals surface area contributed by atoms with Crippen molar-refractivity contribution >= 4 is 0 Å². The van der Waals surface area contributed by atoms with Crippen molar-refractivity contribution in [1.82, 2.24) is 14.8 Å². The predicted molar refractivity (Wildman–Crippen MR) is 110 cm³/mol. The Hall–Kier alpha value is -3.27. The van der Waals surface area contributed by atoms with Crippen LogP contribution in [-0.4, -0.2) is 14.8 Å². The minimum atomic E-state index is -0.242. The fourth-order valence-corrected chi connectivity index (χ4v) is 3.58. The predicted octanol–water partition coefficient (Wildman–Crippen LogP) is 5.46. The van der Waals surface area contributed by atoms with E-state index < -0.39 is 0 Å². The summed E-state index contributed by atoms with van der Waals surface area (Å²) in [5, 5.41) is 4.79. The maximum atomic E-state index is 13.4. The zero-order valence-electron chi connectivity index (χ0n) is 15.8. The fourth-order valence-electron chi connectivity index (χ4n) is 3.58. The number of halogens is 1.